The average Bonchev–Trinajstić information content (AvgIpc) is 3.23. The van der Waals surface area contributed by atoms with Crippen molar-refractivity contribution in [2.24, 2.45) is 17.6 Å². The lowest BCUT2D eigenvalue weighted by Crippen LogP contribution is -2.48. The molecule has 0 bridgehead atoms. The van der Waals surface area contributed by atoms with E-state index in [2.05, 4.69) is 14.8 Å². The SMILES string of the molecule is NC(=O)c1ccnc(N2C[C@H]3C[C@@H](N4CCCC4)[C@H](O)C[C@H]3C2)c1. The van der Waals surface area contributed by atoms with Crippen LogP contribution in [-0.2, 0) is 0 Å². The van der Waals surface area contributed by atoms with E-state index in [1.165, 1.54) is 12.8 Å². The molecule has 3 fully saturated rings. The number of likely N-dealkylation sites (tertiary alicyclic amines) is 1. The molecule has 0 unspecified atom stereocenters. The summed E-state index contributed by atoms with van der Waals surface area (Å²) in [5.74, 6) is 1.52. The van der Waals surface area contributed by atoms with Gasteiger partial charge in [0, 0.05) is 30.9 Å². The molecule has 1 saturated carbocycles. The predicted molar refractivity (Wildman–Crippen MR) is 91.8 cm³/mol. The van der Waals surface area contributed by atoms with Crippen LogP contribution < -0.4 is 10.6 Å². The number of aliphatic hydroxyl groups is 1. The van der Waals surface area contributed by atoms with E-state index < -0.39 is 5.91 Å². The number of fused-ring (bicyclic) bond motifs is 1. The van der Waals surface area contributed by atoms with Crippen molar-refractivity contribution in [3.8, 4) is 0 Å². The Labute approximate surface area is 142 Å². The fourth-order valence-corrected chi connectivity index (χ4v) is 4.80. The summed E-state index contributed by atoms with van der Waals surface area (Å²) in [7, 11) is 0. The molecule has 1 aromatic heterocycles. The predicted octanol–water partition coefficient (Wildman–Crippen LogP) is 0.852. The molecule has 1 aromatic rings. The lowest BCUT2D eigenvalue weighted by molar-refractivity contribution is -0.000855. The number of hydrogen-bond donors (Lipinski definition) is 2. The summed E-state index contributed by atoms with van der Waals surface area (Å²) in [5, 5.41) is 10.6. The molecule has 3 heterocycles. The minimum atomic E-state index is -0.417. The molecule has 0 aromatic carbocycles. The molecule has 24 heavy (non-hydrogen) atoms. The molecule has 4 atom stereocenters. The van der Waals surface area contributed by atoms with Gasteiger partial charge in [0.2, 0.25) is 5.91 Å². The Morgan fingerprint density at radius 3 is 2.62 bits per heavy atom. The van der Waals surface area contributed by atoms with Crippen LogP contribution >= 0.6 is 0 Å². The first-order chi connectivity index (χ1) is 11.6. The second kappa shape index (κ2) is 6.33. The van der Waals surface area contributed by atoms with E-state index in [0.29, 0.717) is 23.4 Å². The topological polar surface area (TPSA) is 82.7 Å². The van der Waals surface area contributed by atoms with Gasteiger partial charge in [0.15, 0.2) is 0 Å². The average molecular weight is 330 g/mol. The Hall–Kier alpha value is -1.66. The number of pyridine rings is 1. The van der Waals surface area contributed by atoms with E-state index in [1.54, 1.807) is 18.3 Å². The van der Waals surface area contributed by atoms with Gasteiger partial charge >= 0.3 is 0 Å². The highest BCUT2D eigenvalue weighted by Crippen LogP contribution is 2.40. The molecule has 2 saturated heterocycles. The number of rotatable bonds is 3. The molecule has 3 aliphatic rings. The maximum Gasteiger partial charge on any atom is 0.248 e. The van der Waals surface area contributed by atoms with Crippen LogP contribution in [-0.4, -0.2) is 59.2 Å². The van der Waals surface area contributed by atoms with Crippen LogP contribution in [0.3, 0.4) is 0 Å². The number of anilines is 1. The van der Waals surface area contributed by atoms with Crippen molar-refractivity contribution in [3.05, 3.63) is 23.9 Å². The highest BCUT2D eigenvalue weighted by molar-refractivity contribution is 5.93. The van der Waals surface area contributed by atoms with E-state index in [1.807, 2.05) is 0 Å². The molecule has 2 aliphatic heterocycles. The zero-order chi connectivity index (χ0) is 16.7. The van der Waals surface area contributed by atoms with E-state index in [0.717, 1.165) is 44.8 Å². The second-order valence-electron chi connectivity index (χ2n) is 7.54. The number of carbonyl (C=O) groups excluding carboxylic acids is 1. The van der Waals surface area contributed by atoms with Crippen molar-refractivity contribution in [2.45, 2.75) is 37.8 Å². The van der Waals surface area contributed by atoms with Gasteiger partial charge < -0.3 is 15.7 Å². The Morgan fingerprint density at radius 2 is 1.92 bits per heavy atom. The highest BCUT2D eigenvalue weighted by atomic mass is 16.3. The van der Waals surface area contributed by atoms with E-state index in [9.17, 15) is 9.90 Å². The summed E-state index contributed by atoms with van der Waals surface area (Å²) in [6.45, 7) is 4.12. The van der Waals surface area contributed by atoms with Gasteiger partial charge in [-0.3, -0.25) is 9.69 Å². The number of carbonyl (C=O) groups is 1. The zero-order valence-corrected chi connectivity index (χ0v) is 14.0. The van der Waals surface area contributed by atoms with Gasteiger partial charge in [-0.05, 0) is 62.7 Å². The molecule has 6 heteroatoms. The molecular weight excluding hydrogens is 304 g/mol. The fraction of sp³-hybridized carbons (Fsp3) is 0.667. The summed E-state index contributed by atoms with van der Waals surface area (Å²) in [4.78, 5) is 20.5. The van der Waals surface area contributed by atoms with Crippen LogP contribution in [0.25, 0.3) is 0 Å². The second-order valence-corrected chi connectivity index (χ2v) is 7.54. The van der Waals surface area contributed by atoms with Gasteiger partial charge in [0.1, 0.15) is 5.82 Å². The van der Waals surface area contributed by atoms with Crippen LogP contribution in [0, 0.1) is 11.8 Å². The van der Waals surface area contributed by atoms with Gasteiger partial charge in [-0.15, -0.1) is 0 Å². The number of aliphatic hydroxyl groups excluding tert-OH is 1. The van der Waals surface area contributed by atoms with Crippen LogP contribution in [0.5, 0.6) is 0 Å². The Morgan fingerprint density at radius 1 is 1.21 bits per heavy atom. The third kappa shape index (κ3) is 2.89. The van der Waals surface area contributed by atoms with Gasteiger partial charge in [0.05, 0.1) is 6.10 Å². The van der Waals surface area contributed by atoms with E-state index >= 15 is 0 Å². The Balaban J connectivity index is 1.47. The number of hydrogen-bond acceptors (Lipinski definition) is 5. The molecule has 0 spiro atoms. The first-order valence-corrected chi connectivity index (χ1v) is 9.05. The van der Waals surface area contributed by atoms with Crippen molar-refractivity contribution in [1.82, 2.24) is 9.88 Å². The third-order valence-corrected chi connectivity index (χ3v) is 6.07. The van der Waals surface area contributed by atoms with Gasteiger partial charge in [-0.1, -0.05) is 0 Å². The molecule has 0 radical (unpaired) electrons. The van der Waals surface area contributed by atoms with Crippen molar-refractivity contribution < 1.29 is 9.90 Å². The minimum absolute atomic E-state index is 0.214. The lowest BCUT2D eigenvalue weighted by Gasteiger charge is -2.40. The molecule has 1 amide bonds. The standard InChI is InChI=1S/C18H26N4O2/c19-18(24)12-3-4-20-17(9-12)22-10-13-7-15(21-5-1-2-6-21)16(23)8-14(13)11-22/h3-4,9,13-16,23H,1-2,5-8,10-11H2,(H2,19,24)/t13-,14+,15-,16-/m1/s1. The van der Waals surface area contributed by atoms with Crippen molar-refractivity contribution in [1.29, 1.82) is 0 Å². The van der Waals surface area contributed by atoms with Crippen LogP contribution in [0.4, 0.5) is 5.82 Å². The Bertz CT molecular complexity index is 617. The summed E-state index contributed by atoms with van der Waals surface area (Å²) in [6, 6.07) is 3.76. The summed E-state index contributed by atoms with van der Waals surface area (Å²) >= 11 is 0. The van der Waals surface area contributed by atoms with Crippen LogP contribution in [0.2, 0.25) is 0 Å². The molecular formula is C18H26N4O2. The van der Waals surface area contributed by atoms with E-state index in [-0.39, 0.29) is 6.10 Å². The minimum Gasteiger partial charge on any atom is -0.391 e. The number of nitrogens with zero attached hydrogens (tertiary/aromatic N) is 3. The normalized spacial score (nSPS) is 33.6. The van der Waals surface area contributed by atoms with E-state index in [4.69, 9.17) is 5.73 Å². The van der Waals surface area contributed by atoms with Crippen molar-refractivity contribution in [2.75, 3.05) is 31.1 Å². The highest BCUT2D eigenvalue weighted by Gasteiger charge is 2.44. The molecule has 3 N–H and O–H groups in total. The molecule has 130 valence electrons. The summed E-state index contributed by atoms with van der Waals surface area (Å²) in [5.41, 5.74) is 5.89. The van der Waals surface area contributed by atoms with Gasteiger partial charge in [-0.2, -0.15) is 0 Å². The number of nitrogens with two attached hydrogens (primary N) is 1. The maximum absolute atomic E-state index is 11.4. The summed E-state index contributed by atoms with van der Waals surface area (Å²) < 4.78 is 0. The lowest BCUT2D eigenvalue weighted by atomic mass is 9.77. The smallest absolute Gasteiger partial charge is 0.248 e. The fourth-order valence-electron chi connectivity index (χ4n) is 4.80. The maximum atomic E-state index is 11.4. The number of primary amides is 1. The van der Waals surface area contributed by atoms with Gasteiger partial charge in [0.25, 0.3) is 0 Å². The number of amides is 1. The van der Waals surface area contributed by atoms with Crippen molar-refractivity contribution >= 4 is 11.7 Å². The monoisotopic (exact) mass is 330 g/mol. The molecule has 6 nitrogen and oxygen atoms in total. The first-order valence-electron chi connectivity index (χ1n) is 9.05. The molecule has 4 rings (SSSR count). The quantitative estimate of drug-likeness (QED) is 0.859. The molecule has 1 aliphatic carbocycles. The van der Waals surface area contributed by atoms with Crippen molar-refractivity contribution in [3.63, 3.8) is 0 Å². The summed E-state index contributed by atoms with van der Waals surface area (Å²) in [6.07, 6.45) is 5.89. The van der Waals surface area contributed by atoms with Crippen LogP contribution in [0.1, 0.15) is 36.0 Å². The van der Waals surface area contributed by atoms with Crippen LogP contribution in [0.15, 0.2) is 18.3 Å². The zero-order valence-electron chi connectivity index (χ0n) is 14.0. The third-order valence-electron chi connectivity index (χ3n) is 6.07. The Kier molecular flexibility index (Phi) is 4.18. The first kappa shape index (κ1) is 15.8. The number of aromatic nitrogens is 1. The van der Waals surface area contributed by atoms with Gasteiger partial charge in [-0.25, -0.2) is 4.98 Å². The largest absolute Gasteiger partial charge is 0.391 e.